The topological polar surface area (TPSA) is 46.2 Å². The van der Waals surface area contributed by atoms with Crippen LogP contribution in [0.2, 0.25) is 0 Å². The van der Waals surface area contributed by atoms with Gasteiger partial charge in [0.05, 0.1) is 6.54 Å². The molecule has 0 aromatic heterocycles. The van der Waals surface area contributed by atoms with Crippen LogP contribution in [0.3, 0.4) is 0 Å². The van der Waals surface area contributed by atoms with Crippen molar-refractivity contribution in [1.82, 2.24) is 5.32 Å². The maximum absolute atomic E-state index is 12.6. The molecule has 0 unspecified atom stereocenters. The lowest BCUT2D eigenvalue weighted by Crippen LogP contribution is -2.22. The number of hydrogen-bond acceptors (Lipinski definition) is 3. The molecule has 2 aromatic carbocycles. The Bertz CT molecular complexity index is 717. The first-order chi connectivity index (χ1) is 10.3. The molecule has 0 spiro atoms. The number of benzene rings is 2. The molecule has 0 aliphatic heterocycles. The van der Waals surface area contributed by atoms with Crippen molar-refractivity contribution in [3.63, 3.8) is 0 Å². The molecule has 0 saturated carbocycles. The summed E-state index contributed by atoms with van der Waals surface area (Å²) < 4.78 is 0. The zero-order valence-electron chi connectivity index (χ0n) is 11.5. The summed E-state index contributed by atoms with van der Waals surface area (Å²) in [5.41, 5.74) is 4.42. The predicted molar refractivity (Wildman–Crippen MR) is 82.2 cm³/mol. The molecule has 0 radical (unpaired) electrons. The van der Waals surface area contributed by atoms with Crippen molar-refractivity contribution in [2.24, 2.45) is 0 Å². The molecular weight excluding hydrogens is 262 g/mol. The van der Waals surface area contributed by atoms with Crippen LogP contribution in [0.4, 0.5) is 0 Å². The molecule has 3 nitrogen and oxygen atoms in total. The van der Waals surface area contributed by atoms with Gasteiger partial charge in [-0.15, -0.1) is 0 Å². The average molecular weight is 277 g/mol. The van der Waals surface area contributed by atoms with E-state index in [1.54, 1.807) is 0 Å². The van der Waals surface area contributed by atoms with E-state index in [1.165, 1.54) is 0 Å². The number of rotatable bonds is 5. The second kappa shape index (κ2) is 5.85. The van der Waals surface area contributed by atoms with Crippen LogP contribution in [-0.2, 0) is 4.79 Å². The van der Waals surface area contributed by atoms with Gasteiger partial charge in [-0.2, -0.15) is 0 Å². The van der Waals surface area contributed by atoms with Crippen molar-refractivity contribution in [1.29, 1.82) is 0 Å². The lowest BCUT2D eigenvalue weighted by Gasteiger charge is -2.08. The van der Waals surface area contributed by atoms with Crippen LogP contribution in [0.15, 0.2) is 60.2 Å². The molecule has 0 heterocycles. The normalized spacial score (nSPS) is 13.4. The highest BCUT2D eigenvalue weighted by atomic mass is 16.1. The molecular formula is C18H15NO2. The Labute approximate surface area is 123 Å². The Morgan fingerprint density at radius 3 is 2.29 bits per heavy atom. The Balaban J connectivity index is 2.10. The Kier molecular flexibility index (Phi) is 3.75. The lowest BCUT2D eigenvalue weighted by atomic mass is 9.97. The summed E-state index contributed by atoms with van der Waals surface area (Å²) in [7, 11) is 0. The minimum atomic E-state index is 0.0443. The van der Waals surface area contributed by atoms with E-state index in [9.17, 15) is 9.59 Å². The van der Waals surface area contributed by atoms with Gasteiger partial charge in [0, 0.05) is 17.7 Å². The van der Waals surface area contributed by atoms with Crippen molar-refractivity contribution in [2.45, 2.75) is 0 Å². The van der Waals surface area contributed by atoms with Gasteiger partial charge < -0.3 is 10.1 Å². The van der Waals surface area contributed by atoms with Crippen LogP contribution in [-0.4, -0.2) is 25.2 Å². The van der Waals surface area contributed by atoms with E-state index in [2.05, 4.69) is 5.32 Å². The molecule has 3 rings (SSSR count). The first-order valence-corrected chi connectivity index (χ1v) is 6.90. The van der Waals surface area contributed by atoms with Gasteiger partial charge in [-0.1, -0.05) is 54.6 Å². The van der Waals surface area contributed by atoms with Gasteiger partial charge in [-0.25, -0.2) is 0 Å². The quantitative estimate of drug-likeness (QED) is 0.674. The van der Waals surface area contributed by atoms with E-state index in [4.69, 9.17) is 0 Å². The number of fused-ring (bicyclic) bond motifs is 1. The SMILES string of the molecule is O=CCNCC1=C(c2ccccc2)c2ccccc2C1=O. The summed E-state index contributed by atoms with van der Waals surface area (Å²) in [6.45, 7) is 0.645. The largest absolute Gasteiger partial charge is 0.306 e. The smallest absolute Gasteiger partial charge is 0.191 e. The summed E-state index contributed by atoms with van der Waals surface area (Å²) >= 11 is 0. The lowest BCUT2D eigenvalue weighted by molar-refractivity contribution is -0.107. The molecule has 0 saturated heterocycles. The number of carbonyl (C=O) groups is 2. The number of hydrogen-bond donors (Lipinski definition) is 1. The molecule has 1 N–H and O–H groups in total. The highest BCUT2D eigenvalue weighted by Crippen LogP contribution is 2.36. The number of nitrogens with one attached hydrogen (secondary N) is 1. The molecule has 1 aliphatic rings. The monoisotopic (exact) mass is 277 g/mol. The van der Waals surface area contributed by atoms with Crippen LogP contribution < -0.4 is 5.32 Å². The summed E-state index contributed by atoms with van der Waals surface area (Å²) in [5.74, 6) is 0.0443. The zero-order valence-corrected chi connectivity index (χ0v) is 11.5. The number of carbonyl (C=O) groups excluding carboxylic acids is 2. The zero-order chi connectivity index (χ0) is 14.7. The fraction of sp³-hybridized carbons (Fsp3) is 0.111. The van der Waals surface area contributed by atoms with Crippen molar-refractivity contribution >= 4 is 17.6 Å². The van der Waals surface area contributed by atoms with Crippen molar-refractivity contribution in [3.05, 3.63) is 76.9 Å². The van der Waals surface area contributed by atoms with Crippen molar-refractivity contribution < 1.29 is 9.59 Å². The number of aldehydes is 1. The Morgan fingerprint density at radius 1 is 0.905 bits per heavy atom. The molecule has 2 aromatic rings. The molecule has 3 heteroatoms. The maximum Gasteiger partial charge on any atom is 0.191 e. The van der Waals surface area contributed by atoms with Crippen LogP contribution in [0.5, 0.6) is 0 Å². The third-order valence-electron chi connectivity index (χ3n) is 3.61. The second-order valence-electron chi connectivity index (χ2n) is 4.89. The molecule has 0 amide bonds. The third-order valence-corrected chi connectivity index (χ3v) is 3.61. The standard InChI is InChI=1S/C18H15NO2/c20-11-10-19-12-16-17(13-6-2-1-3-7-13)14-8-4-5-9-15(14)18(16)21/h1-9,11,19H,10,12H2. The Morgan fingerprint density at radius 2 is 1.57 bits per heavy atom. The van der Waals surface area contributed by atoms with Crippen molar-refractivity contribution in [3.8, 4) is 0 Å². The van der Waals surface area contributed by atoms with Gasteiger partial charge in [0.25, 0.3) is 0 Å². The molecule has 1 aliphatic carbocycles. The Hall–Kier alpha value is -2.52. The highest BCUT2D eigenvalue weighted by Gasteiger charge is 2.29. The van der Waals surface area contributed by atoms with Gasteiger partial charge in [0.1, 0.15) is 6.29 Å². The first kappa shape index (κ1) is 13.5. The van der Waals surface area contributed by atoms with Crippen LogP contribution >= 0.6 is 0 Å². The van der Waals surface area contributed by atoms with Gasteiger partial charge in [-0.05, 0) is 16.7 Å². The van der Waals surface area contributed by atoms with Gasteiger partial charge in [-0.3, -0.25) is 4.79 Å². The predicted octanol–water partition coefficient (Wildman–Crippen LogP) is 2.47. The summed E-state index contributed by atoms with van der Waals surface area (Å²) in [4.78, 5) is 23.1. The molecule has 21 heavy (non-hydrogen) atoms. The molecule has 0 bridgehead atoms. The van der Waals surface area contributed by atoms with E-state index in [-0.39, 0.29) is 12.3 Å². The van der Waals surface area contributed by atoms with Gasteiger partial charge >= 0.3 is 0 Å². The number of Topliss-reactive ketones (excluding diaryl/α,β-unsaturated/α-hetero) is 1. The summed E-state index contributed by atoms with van der Waals surface area (Å²) in [6.07, 6.45) is 0.801. The van der Waals surface area contributed by atoms with E-state index in [1.807, 2.05) is 54.6 Å². The van der Waals surface area contributed by atoms with Crippen LogP contribution in [0.25, 0.3) is 5.57 Å². The van der Waals surface area contributed by atoms with Gasteiger partial charge in [0.15, 0.2) is 5.78 Å². The van der Waals surface area contributed by atoms with Crippen LogP contribution in [0, 0.1) is 0 Å². The second-order valence-corrected chi connectivity index (χ2v) is 4.89. The minimum Gasteiger partial charge on any atom is -0.306 e. The highest BCUT2D eigenvalue weighted by molar-refractivity contribution is 6.23. The first-order valence-electron chi connectivity index (χ1n) is 6.90. The third kappa shape index (κ3) is 2.43. The maximum atomic E-state index is 12.6. The fourth-order valence-electron chi connectivity index (χ4n) is 2.70. The molecule has 104 valence electrons. The van der Waals surface area contributed by atoms with E-state index in [0.717, 1.165) is 34.1 Å². The van der Waals surface area contributed by atoms with E-state index >= 15 is 0 Å². The average Bonchev–Trinajstić information content (AvgIpc) is 2.82. The fourth-order valence-corrected chi connectivity index (χ4v) is 2.70. The molecule has 0 fully saturated rings. The summed E-state index contributed by atoms with van der Waals surface area (Å²) in [6, 6.07) is 17.5. The molecule has 0 atom stereocenters. The van der Waals surface area contributed by atoms with E-state index < -0.39 is 0 Å². The minimum absolute atomic E-state index is 0.0443. The summed E-state index contributed by atoms with van der Waals surface area (Å²) in [5, 5.41) is 3.00. The number of ketones is 1. The van der Waals surface area contributed by atoms with Gasteiger partial charge in [0.2, 0.25) is 0 Å². The van der Waals surface area contributed by atoms with E-state index in [0.29, 0.717) is 6.54 Å². The van der Waals surface area contributed by atoms with Crippen LogP contribution in [0.1, 0.15) is 21.5 Å². The van der Waals surface area contributed by atoms with Crippen molar-refractivity contribution in [2.75, 3.05) is 13.1 Å².